The third kappa shape index (κ3) is 3.35. The van der Waals surface area contributed by atoms with Crippen LogP contribution in [0.15, 0.2) is 42.5 Å². The van der Waals surface area contributed by atoms with E-state index < -0.39 is 12.0 Å². The van der Waals surface area contributed by atoms with E-state index in [9.17, 15) is 14.3 Å². The number of fused-ring (bicyclic) bond motifs is 1. The zero-order valence-electron chi connectivity index (χ0n) is 12.8. The molecule has 1 N–H and O–H groups in total. The molecule has 1 aliphatic heterocycles. The highest BCUT2D eigenvalue weighted by Gasteiger charge is 2.31. The van der Waals surface area contributed by atoms with Gasteiger partial charge in [-0.2, -0.15) is 0 Å². The Morgan fingerprint density at radius 2 is 2.00 bits per heavy atom. The first kappa shape index (κ1) is 15.5. The third-order valence-electron chi connectivity index (χ3n) is 4.23. The number of carboxylic acid groups (broad SMARTS) is 1. The molecule has 2 aromatic carbocycles. The number of nitrogens with zero attached hydrogens (tertiary/aromatic N) is 1. The molecule has 0 aliphatic carbocycles. The summed E-state index contributed by atoms with van der Waals surface area (Å²) in [4.78, 5) is 13.5. The molecular weight excluding hydrogens is 297 g/mol. The van der Waals surface area contributed by atoms with Gasteiger partial charge in [-0.3, -0.25) is 9.69 Å². The Balaban J connectivity index is 1.84. The second-order valence-corrected chi connectivity index (χ2v) is 5.72. The van der Waals surface area contributed by atoms with Crippen LogP contribution >= 0.6 is 0 Å². The van der Waals surface area contributed by atoms with Gasteiger partial charge in [-0.1, -0.05) is 18.2 Å². The zero-order valence-corrected chi connectivity index (χ0v) is 12.8. The van der Waals surface area contributed by atoms with Crippen LogP contribution in [-0.2, 0) is 24.3 Å². The number of carbonyl (C=O) groups is 1. The molecule has 0 bridgehead atoms. The fourth-order valence-corrected chi connectivity index (χ4v) is 2.98. The maximum Gasteiger partial charge on any atom is 0.321 e. The van der Waals surface area contributed by atoms with Gasteiger partial charge < -0.3 is 9.84 Å². The second kappa shape index (κ2) is 6.38. The van der Waals surface area contributed by atoms with Crippen molar-refractivity contribution in [3.8, 4) is 5.75 Å². The molecule has 0 aromatic heterocycles. The SMILES string of the molecule is COc1ccc(CN2Cc3cc(F)ccc3CC2C(=O)O)cc1. The van der Waals surface area contributed by atoms with E-state index in [2.05, 4.69) is 0 Å². The maximum atomic E-state index is 13.4. The summed E-state index contributed by atoms with van der Waals surface area (Å²) in [5, 5.41) is 9.51. The van der Waals surface area contributed by atoms with Crippen LogP contribution in [0.2, 0.25) is 0 Å². The lowest BCUT2D eigenvalue weighted by Crippen LogP contribution is -2.45. The van der Waals surface area contributed by atoms with Crippen molar-refractivity contribution in [3.05, 3.63) is 65.0 Å². The van der Waals surface area contributed by atoms with E-state index in [0.29, 0.717) is 19.5 Å². The van der Waals surface area contributed by atoms with Crippen LogP contribution < -0.4 is 4.74 Å². The van der Waals surface area contributed by atoms with Crippen molar-refractivity contribution < 1.29 is 19.0 Å². The van der Waals surface area contributed by atoms with Gasteiger partial charge in [0, 0.05) is 13.1 Å². The maximum absolute atomic E-state index is 13.4. The van der Waals surface area contributed by atoms with Crippen molar-refractivity contribution >= 4 is 5.97 Å². The molecule has 1 heterocycles. The zero-order chi connectivity index (χ0) is 16.4. The lowest BCUT2D eigenvalue weighted by atomic mass is 9.93. The predicted molar refractivity (Wildman–Crippen MR) is 83.8 cm³/mol. The summed E-state index contributed by atoms with van der Waals surface area (Å²) in [6.07, 6.45) is 0.390. The predicted octanol–water partition coefficient (Wildman–Crippen LogP) is 2.85. The Kier molecular flexibility index (Phi) is 4.30. The van der Waals surface area contributed by atoms with Gasteiger partial charge in [-0.15, -0.1) is 0 Å². The van der Waals surface area contributed by atoms with Crippen LogP contribution in [0, 0.1) is 5.82 Å². The highest BCUT2D eigenvalue weighted by molar-refractivity contribution is 5.74. The van der Waals surface area contributed by atoms with Crippen LogP contribution in [-0.4, -0.2) is 29.1 Å². The van der Waals surface area contributed by atoms with E-state index in [0.717, 1.165) is 22.4 Å². The molecular formula is C18H18FNO3. The van der Waals surface area contributed by atoms with Crippen molar-refractivity contribution in [2.75, 3.05) is 7.11 Å². The van der Waals surface area contributed by atoms with Crippen LogP contribution in [0.5, 0.6) is 5.75 Å². The lowest BCUT2D eigenvalue weighted by molar-refractivity contribution is -0.144. The van der Waals surface area contributed by atoms with Crippen LogP contribution in [0.1, 0.15) is 16.7 Å². The fourth-order valence-electron chi connectivity index (χ4n) is 2.98. The number of benzene rings is 2. The topological polar surface area (TPSA) is 49.8 Å². The van der Waals surface area contributed by atoms with Gasteiger partial charge in [0.15, 0.2) is 0 Å². The minimum Gasteiger partial charge on any atom is -0.497 e. The van der Waals surface area contributed by atoms with E-state index in [1.165, 1.54) is 12.1 Å². The molecule has 0 saturated carbocycles. The summed E-state index contributed by atoms with van der Waals surface area (Å²) in [7, 11) is 1.60. The minimum absolute atomic E-state index is 0.290. The number of methoxy groups -OCH3 is 1. The molecule has 0 amide bonds. The van der Waals surface area contributed by atoms with Crippen molar-refractivity contribution in [1.82, 2.24) is 4.90 Å². The summed E-state index contributed by atoms with van der Waals surface area (Å²) >= 11 is 0. The fraction of sp³-hybridized carbons (Fsp3) is 0.278. The van der Waals surface area contributed by atoms with Gasteiger partial charge in [0.1, 0.15) is 17.6 Å². The molecule has 1 unspecified atom stereocenters. The number of hydrogen-bond donors (Lipinski definition) is 1. The summed E-state index contributed by atoms with van der Waals surface area (Å²) in [5.74, 6) is -0.384. The molecule has 2 aromatic rings. The standard InChI is InChI=1S/C18H18FNO3/c1-23-16-6-2-12(3-7-16)10-20-11-14-8-15(19)5-4-13(14)9-17(20)18(21)22/h2-8,17H,9-11H2,1H3,(H,21,22). The van der Waals surface area contributed by atoms with Gasteiger partial charge in [0.05, 0.1) is 7.11 Å². The summed E-state index contributed by atoms with van der Waals surface area (Å²) in [5.41, 5.74) is 2.76. The van der Waals surface area contributed by atoms with Crippen molar-refractivity contribution in [1.29, 1.82) is 0 Å². The van der Waals surface area contributed by atoms with Crippen LogP contribution in [0.4, 0.5) is 4.39 Å². The molecule has 0 spiro atoms. The Bertz CT molecular complexity index is 715. The normalized spacial score (nSPS) is 17.6. The molecule has 1 aliphatic rings. The molecule has 3 rings (SSSR count). The summed E-state index contributed by atoms with van der Waals surface area (Å²) < 4.78 is 18.6. The number of ether oxygens (including phenoxy) is 1. The number of carboxylic acids is 1. The number of aliphatic carboxylic acids is 1. The molecule has 4 nitrogen and oxygen atoms in total. The molecule has 0 saturated heterocycles. The Labute approximate surface area is 134 Å². The Morgan fingerprint density at radius 3 is 2.65 bits per heavy atom. The van der Waals surface area contributed by atoms with E-state index >= 15 is 0 Å². The van der Waals surface area contributed by atoms with Crippen molar-refractivity contribution in [2.45, 2.75) is 25.6 Å². The number of hydrogen-bond acceptors (Lipinski definition) is 3. The second-order valence-electron chi connectivity index (χ2n) is 5.72. The van der Waals surface area contributed by atoms with Crippen LogP contribution in [0.25, 0.3) is 0 Å². The van der Waals surface area contributed by atoms with E-state index in [-0.39, 0.29) is 5.82 Å². The van der Waals surface area contributed by atoms with Gasteiger partial charge in [-0.05, 0) is 47.4 Å². The first-order chi connectivity index (χ1) is 11.1. The average molecular weight is 315 g/mol. The molecule has 120 valence electrons. The molecule has 0 fully saturated rings. The largest absolute Gasteiger partial charge is 0.497 e. The Hall–Kier alpha value is -2.40. The quantitative estimate of drug-likeness (QED) is 0.942. The molecule has 1 atom stereocenters. The van der Waals surface area contributed by atoms with E-state index in [1.807, 2.05) is 29.2 Å². The van der Waals surface area contributed by atoms with Gasteiger partial charge in [0.2, 0.25) is 0 Å². The average Bonchev–Trinajstić information content (AvgIpc) is 2.54. The lowest BCUT2D eigenvalue weighted by Gasteiger charge is -2.34. The molecule has 23 heavy (non-hydrogen) atoms. The smallest absolute Gasteiger partial charge is 0.321 e. The van der Waals surface area contributed by atoms with Crippen molar-refractivity contribution in [3.63, 3.8) is 0 Å². The van der Waals surface area contributed by atoms with E-state index in [1.54, 1.807) is 13.2 Å². The van der Waals surface area contributed by atoms with E-state index in [4.69, 9.17) is 4.74 Å². The van der Waals surface area contributed by atoms with Crippen molar-refractivity contribution in [2.24, 2.45) is 0 Å². The minimum atomic E-state index is -0.853. The number of halogens is 1. The van der Waals surface area contributed by atoms with Gasteiger partial charge >= 0.3 is 5.97 Å². The third-order valence-corrected chi connectivity index (χ3v) is 4.23. The summed E-state index contributed by atoms with van der Waals surface area (Å²) in [6, 6.07) is 11.5. The molecule has 5 heteroatoms. The Morgan fingerprint density at radius 1 is 1.26 bits per heavy atom. The highest BCUT2D eigenvalue weighted by atomic mass is 19.1. The first-order valence-electron chi connectivity index (χ1n) is 7.44. The van der Waals surface area contributed by atoms with Gasteiger partial charge in [0.25, 0.3) is 0 Å². The summed E-state index contributed by atoms with van der Waals surface area (Å²) in [6.45, 7) is 0.924. The van der Waals surface area contributed by atoms with Crippen LogP contribution in [0.3, 0.4) is 0 Å². The first-order valence-corrected chi connectivity index (χ1v) is 7.44. The monoisotopic (exact) mass is 315 g/mol. The van der Waals surface area contributed by atoms with Gasteiger partial charge in [-0.25, -0.2) is 4.39 Å². The molecule has 0 radical (unpaired) electrons. The number of rotatable bonds is 4. The highest BCUT2D eigenvalue weighted by Crippen LogP contribution is 2.26.